The fraction of sp³-hybridized carbons (Fsp3) is 0.229. The lowest BCUT2D eigenvalue weighted by Crippen LogP contribution is -2.34. The molecule has 0 bridgehead atoms. The Labute approximate surface area is 305 Å². The summed E-state index contributed by atoms with van der Waals surface area (Å²) in [5, 5.41) is 14.0. The van der Waals surface area contributed by atoms with Crippen LogP contribution in [0.3, 0.4) is 0 Å². The monoisotopic (exact) mass is 685 g/mol. The van der Waals surface area contributed by atoms with Crippen molar-refractivity contribution >= 4 is 24.4 Å². The smallest absolute Gasteiger partial charge is 0.123 e. The summed E-state index contributed by atoms with van der Waals surface area (Å²) >= 11 is 0. The van der Waals surface area contributed by atoms with Gasteiger partial charge in [0.2, 0.25) is 0 Å². The molecule has 51 heavy (non-hydrogen) atoms. The summed E-state index contributed by atoms with van der Waals surface area (Å²) in [5.74, 6) is 0.386. The van der Waals surface area contributed by atoms with Gasteiger partial charge in [-0.15, -0.1) is 0 Å². The van der Waals surface area contributed by atoms with E-state index in [1.165, 1.54) is 16.4 Å². The molecule has 0 spiro atoms. The highest BCUT2D eigenvalue weighted by molar-refractivity contribution is 7.82. The molecule has 1 N–H and O–H groups in total. The molecule has 0 saturated carbocycles. The third kappa shape index (κ3) is 6.59. The standard InChI is InChI=1S/C48H48NOP/c1-46(2,3)37-32-41(47(4,5)6)44(50)42(33-37)48(36-24-15-9-16-25-36)30-31-51(38-26-17-10-18-27-38)45(48)49-43-39(34-20-11-7-12-21-34)28-19-29-40(43)35-22-13-8-14-23-35/h7-29,32-33,50H,30-31H2,1-6H3. The predicted molar refractivity (Wildman–Crippen MR) is 220 cm³/mol. The zero-order chi connectivity index (χ0) is 35.8. The van der Waals surface area contributed by atoms with Crippen LogP contribution in [-0.2, 0) is 16.2 Å². The van der Waals surface area contributed by atoms with E-state index in [2.05, 4.69) is 193 Å². The maximum Gasteiger partial charge on any atom is 0.123 e. The van der Waals surface area contributed by atoms with Gasteiger partial charge in [0.15, 0.2) is 0 Å². The van der Waals surface area contributed by atoms with E-state index >= 15 is 0 Å². The highest BCUT2D eigenvalue weighted by Gasteiger charge is 2.51. The number of para-hydroxylation sites is 1. The third-order valence-electron chi connectivity index (χ3n) is 10.3. The number of aliphatic imine (C=N–C) groups is 1. The summed E-state index contributed by atoms with van der Waals surface area (Å²) in [7, 11) is -0.874. The molecule has 3 heteroatoms. The number of hydrogen-bond acceptors (Lipinski definition) is 2. The first-order valence-corrected chi connectivity index (χ1v) is 19.6. The van der Waals surface area contributed by atoms with Crippen molar-refractivity contribution in [2.75, 3.05) is 6.16 Å². The van der Waals surface area contributed by atoms with Gasteiger partial charge in [-0.05, 0) is 64.5 Å². The van der Waals surface area contributed by atoms with Gasteiger partial charge >= 0.3 is 0 Å². The molecule has 1 aliphatic heterocycles. The molecule has 6 aromatic rings. The van der Waals surface area contributed by atoms with Crippen molar-refractivity contribution in [1.29, 1.82) is 0 Å². The van der Waals surface area contributed by atoms with Crippen LogP contribution in [0.1, 0.15) is 70.2 Å². The van der Waals surface area contributed by atoms with Crippen LogP contribution in [0.4, 0.5) is 5.69 Å². The van der Waals surface area contributed by atoms with Crippen molar-refractivity contribution in [2.24, 2.45) is 4.99 Å². The SMILES string of the molecule is CC(C)(C)c1cc(C(C)(C)C)c(O)c(C2(c3ccccc3)CCP(c3ccccc3)C2=Nc2c(-c3ccccc3)cccc2-c2ccccc2)c1. The average Bonchev–Trinajstić information content (AvgIpc) is 3.51. The van der Waals surface area contributed by atoms with Gasteiger partial charge in [-0.25, -0.2) is 0 Å². The van der Waals surface area contributed by atoms with Gasteiger partial charge < -0.3 is 5.11 Å². The Hall–Kier alpha value is -4.78. The van der Waals surface area contributed by atoms with E-state index in [-0.39, 0.29) is 10.8 Å². The van der Waals surface area contributed by atoms with Crippen molar-refractivity contribution in [3.63, 3.8) is 0 Å². The molecule has 1 aliphatic rings. The van der Waals surface area contributed by atoms with E-state index in [4.69, 9.17) is 4.99 Å². The number of phenolic OH excluding ortho intramolecular Hbond substituents is 1. The first-order chi connectivity index (χ1) is 24.5. The maximum atomic E-state index is 12.7. The number of phenols is 1. The van der Waals surface area contributed by atoms with Crippen molar-refractivity contribution in [3.8, 4) is 28.0 Å². The van der Waals surface area contributed by atoms with Crippen LogP contribution in [0.5, 0.6) is 5.75 Å². The van der Waals surface area contributed by atoms with Gasteiger partial charge in [0.05, 0.1) is 16.6 Å². The number of aromatic hydroxyl groups is 1. The number of nitrogens with zero attached hydrogens (tertiary/aromatic N) is 1. The molecule has 1 fully saturated rings. The van der Waals surface area contributed by atoms with Crippen molar-refractivity contribution < 1.29 is 5.11 Å². The molecule has 2 atom stereocenters. The minimum Gasteiger partial charge on any atom is -0.507 e. The molecule has 2 unspecified atom stereocenters. The van der Waals surface area contributed by atoms with Gasteiger partial charge in [0, 0.05) is 16.7 Å². The Kier molecular flexibility index (Phi) is 9.34. The Bertz CT molecular complexity index is 2100. The Morgan fingerprint density at radius 3 is 1.61 bits per heavy atom. The number of benzene rings is 6. The second-order valence-electron chi connectivity index (χ2n) is 15.8. The average molecular weight is 686 g/mol. The molecule has 1 heterocycles. The molecular weight excluding hydrogens is 638 g/mol. The van der Waals surface area contributed by atoms with Crippen LogP contribution >= 0.6 is 7.92 Å². The Balaban J connectivity index is 1.64. The first kappa shape index (κ1) is 34.7. The van der Waals surface area contributed by atoms with Crippen molar-refractivity contribution in [2.45, 2.75) is 64.2 Å². The highest BCUT2D eigenvalue weighted by Crippen LogP contribution is 2.61. The van der Waals surface area contributed by atoms with E-state index in [1.807, 2.05) is 0 Å². The lowest BCUT2D eigenvalue weighted by Gasteiger charge is -2.37. The Morgan fingerprint density at radius 2 is 1.10 bits per heavy atom. The molecule has 2 nitrogen and oxygen atoms in total. The molecule has 1 saturated heterocycles. The van der Waals surface area contributed by atoms with Gasteiger partial charge in [0.1, 0.15) is 5.75 Å². The minimum atomic E-state index is -0.874. The van der Waals surface area contributed by atoms with Gasteiger partial charge in [0.25, 0.3) is 0 Å². The second-order valence-corrected chi connectivity index (χ2v) is 18.0. The minimum absolute atomic E-state index is 0.124. The molecule has 0 radical (unpaired) electrons. The van der Waals surface area contributed by atoms with E-state index in [1.54, 1.807) is 0 Å². The number of rotatable bonds is 6. The summed E-state index contributed by atoms with van der Waals surface area (Å²) in [5.41, 5.74) is 9.86. The molecule has 256 valence electrons. The van der Waals surface area contributed by atoms with Crippen LogP contribution < -0.4 is 5.30 Å². The van der Waals surface area contributed by atoms with Gasteiger partial charge in [-0.2, -0.15) is 0 Å². The highest BCUT2D eigenvalue weighted by atomic mass is 31.1. The molecule has 0 aromatic heterocycles. The molecular formula is C48H48NOP. The van der Waals surface area contributed by atoms with Crippen LogP contribution in [-0.4, -0.2) is 16.7 Å². The van der Waals surface area contributed by atoms with E-state index in [9.17, 15) is 5.11 Å². The van der Waals surface area contributed by atoms with E-state index < -0.39 is 13.3 Å². The van der Waals surface area contributed by atoms with Crippen LogP contribution in [0, 0.1) is 0 Å². The van der Waals surface area contributed by atoms with Crippen LogP contribution in [0.2, 0.25) is 0 Å². The summed E-state index contributed by atoms with van der Waals surface area (Å²) in [4.78, 5) is 6.03. The summed E-state index contributed by atoms with van der Waals surface area (Å²) in [6.45, 7) is 13.4. The van der Waals surface area contributed by atoms with Gasteiger partial charge in [-0.1, -0.05) is 193 Å². The third-order valence-corrected chi connectivity index (χ3v) is 12.9. The summed E-state index contributed by atoms with van der Waals surface area (Å²) in [6.07, 6.45) is 1.81. The Morgan fingerprint density at radius 1 is 0.588 bits per heavy atom. The van der Waals surface area contributed by atoms with Gasteiger partial charge in [-0.3, -0.25) is 4.99 Å². The summed E-state index contributed by atoms with van der Waals surface area (Å²) in [6, 6.07) is 54.2. The lowest BCUT2D eigenvalue weighted by atomic mass is 9.69. The normalized spacial score (nSPS) is 18.6. The quantitative estimate of drug-likeness (QED) is 0.174. The van der Waals surface area contributed by atoms with E-state index in [0.717, 1.165) is 57.1 Å². The zero-order valence-electron chi connectivity index (χ0n) is 30.7. The van der Waals surface area contributed by atoms with Crippen molar-refractivity contribution in [1.82, 2.24) is 0 Å². The maximum absolute atomic E-state index is 12.7. The largest absolute Gasteiger partial charge is 0.507 e. The lowest BCUT2D eigenvalue weighted by molar-refractivity contribution is 0.430. The molecule has 0 aliphatic carbocycles. The van der Waals surface area contributed by atoms with Crippen molar-refractivity contribution in [3.05, 3.63) is 174 Å². The van der Waals surface area contributed by atoms with E-state index in [0.29, 0.717) is 5.75 Å². The zero-order valence-corrected chi connectivity index (χ0v) is 31.6. The second kappa shape index (κ2) is 13.7. The predicted octanol–water partition coefficient (Wildman–Crippen LogP) is 12.5. The first-order valence-electron chi connectivity index (χ1n) is 18.1. The number of hydrogen-bond donors (Lipinski definition) is 1. The molecule has 7 rings (SSSR count). The molecule has 0 amide bonds. The molecule has 6 aromatic carbocycles. The summed E-state index contributed by atoms with van der Waals surface area (Å²) < 4.78 is 0. The van der Waals surface area contributed by atoms with Crippen LogP contribution in [0.15, 0.2) is 157 Å². The van der Waals surface area contributed by atoms with Crippen LogP contribution in [0.25, 0.3) is 22.3 Å². The fourth-order valence-electron chi connectivity index (χ4n) is 7.59. The fourth-order valence-corrected chi connectivity index (χ4v) is 10.4. The topological polar surface area (TPSA) is 32.6 Å².